The van der Waals surface area contributed by atoms with E-state index >= 15 is 0 Å². The fraction of sp³-hybridized carbons (Fsp3) is 0.636. The van der Waals surface area contributed by atoms with Crippen LogP contribution in [0.2, 0.25) is 0 Å². The summed E-state index contributed by atoms with van der Waals surface area (Å²) < 4.78 is 5.31. The van der Waals surface area contributed by atoms with E-state index < -0.39 is 0 Å². The molecule has 5 heteroatoms. The lowest BCUT2D eigenvalue weighted by Crippen LogP contribution is -2.36. The first-order valence-electron chi connectivity index (χ1n) is 5.54. The van der Waals surface area contributed by atoms with E-state index in [4.69, 9.17) is 10.00 Å². The number of rotatable bonds is 2. The van der Waals surface area contributed by atoms with Gasteiger partial charge in [0.15, 0.2) is 5.13 Å². The van der Waals surface area contributed by atoms with E-state index in [9.17, 15) is 0 Å². The number of thiazole rings is 1. The number of ether oxygens (including phenoxy) is 1. The van der Waals surface area contributed by atoms with Crippen molar-refractivity contribution in [2.45, 2.75) is 18.3 Å². The Hall–Kier alpha value is -1.12. The van der Waals surface area contributed by atoms with Gasteiger partial charge in [-0.25, -0.2) is 4.98 Å². The predicted octanol–water partition coefficient (Wildman–Crippen LogP) is 1.53. The molecule has 0 unspecified atom stereocenters. The molecule has 1 aliphatic heterocycles. The SMILES string of the molecule is N#CC1(c2cnc(N3CCOCC3)s2)CC1. The molecule has 1 aliphatic carbocycles. The Morgan fingerprint density at radius 1 is 1.44 bits per heavy atom. The van der Waals surface area contributed by atoms with Gasteiger partial charge in [0.25, 0.3) is 0 Å². The lowest BCUT2D eigenvalue weighted by Gasteiger charge is -2.26. The Bertz CT molecular complexity index is 427. The van der Waals surface area contributed by atoms with Crippen LogP contribution in [0, 0.1) is 11.3 Å². The molecular formula is C11H13N3OS. The maximum absolute atomic E-state index is 9.12. The molecule has 2 heterocycles. The van der Waals surface area contributed by atoms with Crippen molar-refractivity contribution in [3.8, 4) is 6.07 Å². The van der Waals surface area contributed by atoms with Gasteiger partial charge in [-0.15, -0.1) is 11.3 Å². The van der Waals surface area contributed by atoms with E-state index in [1.165, 1.54) is 0 Å². The minimum absolute atomic E-state index is 0.192. The molecule has 84 valence electrons. The zero-order valence-electron chi connectivity index (χ0n) is 8.98. The number of morpholine rings is 1. The van der Waals surface area contributed by atoms with Crippen molar-refractivity contribution >= 4 is 16.5 Å². The van der Waals surface area contributed by atoms with E-state index in [1.54, 1.807) is 11.3 Å². The summed E-state index contributed by atoms with van der Waals surface area (Å²) in [4.78, 5) is 7.81. The molecule has 2 fully saturated rings. The minimum atomic E-state index is -0.192. The van der Waals surface area contributed by atoms with Gasteiger partial charge in [-0.3, -0.25) is 0 Å². The third kappa shape index (κ3) is 1.58. The Kier molecular flexibility index (Phi) is 2.34. The van der Waals surface area contributed by atoms with Crippen LogP contribution in [0.25, 0.3) is 0 Å². The van der Waals surface area contributed by atoms with Crippen LogP contribution in [-0.4, -0.2) is 31.3 Å². The van der Waals surface area contributed by atoms with Gasteiger partial charge in [0, 0.05) is 24.2 Å². The van der Waals surface area contributed by atoms with Gasteiger partial charge in [0.05, 0.1) is 24.7 Å². The molecule has 4 nitrogen and oxygen atoms in total. The molecular weight excluding hydrogens is 222 g/mol. The quantitative estimate of drug-likeness (QED) is 0.780. The number of aromatic nitrogens is 1. The van der Waals surface area contributed by atoms with Crippen molar-refractivity contribution in [3.63, 3.8) is 0 Å². The van der Waals surface area contributed by atoms with Crippen LogP contribution in [0.15, 0.2) is 6.20 Å². The molecule has 0 N–H and O–H groups in total. The van der Waals surface area contributed by atoms with Crippen LogP contribution >= 0.6 is 11.3 Å². The molecule has 1 saturated carbocycles. The van der Waals surface area contributed by atoms with Crippen LogP contribution in [-0.2, 0) is 10.2 Å². The summed E-state index contributed by atoms with van der Waals surface area (Å²) >= 11 is 1.67. The first-order chi connectivity index (χ1) is 7.84. The monoisotopic (exact) mass is 235 g/mol. The van der Waals surface area contributed by atoms with E-state index in [2.05, 4.69) is 16.0 Å². The zero-order chi connectivity index (χ0) is 11.0. The van der Waals surface area contributed by atoms with Crippen molar-refractivity contribution < 1.29 is 4.74 Å². The normalized spacial score (nSPS) is 22.8. The minimum Gasteiger partial charge on any atom is -0.378 e. The van der Waals surface area contributed by atoms with Crippen LogP contribution in [0.5, 0.6) is 0 Å². The molecule has 2 aliphatic rings. The number of hydrogen-bond donors (Lipinski definition) is 0. The van der Waals surface area contributed by atoms with Crippen LogP contribution in [0.1, 0.15) is 17.7 Å². The summed E-state index contributed by atoms with van der Waals surface area (Å²) in [5.74, 6) is 0. The van der Waals surface area contributed by atoms with Gasteiger partial charge in [-0.05, 0) is 12.8 Å². The molecule has 16 heavy (non-hydrogen) atoms. The highest BCUT2D eigenvalue weighted by Crippen LogP contribution is 2.50. The molecule has 3 rings (SSSR count). The lowest BCUT2D eigenvalue weighted by atomic mass is 10.1. The Morgan fingerprint density at radius 2 is 2.19 bits per heavy atom. The highest BCUT2D eigenvalue weighted by molar-refractivity contribution is 7.15. The van der Waals surface area contributed by atoms with Crippen molar-refractivity contribution in [2.24, 2.45) is 0 Å². The van der Waals surface area contributed by atoms with Crippen molar-refractivity contribution in [1.29, 1.82) is 5.26 Å². The molecule has 0 atom stereocenters. The highest BCUT2D eigenvalue weighted by Gasteiger charge is 2.46. The first-order valence-corrected chi connectivity index (χ1v) is 6.36. The second-order valence-corrected chi connectivity index (χ2v) is 5.31. The van der Waals surface area contributed by atoms with Gasteiger partial charge in [-0.2, -0.15) is 5.26 Å². The fourth-order valence-electron chi connectivity index (χ4n) is 1.93. The first kappa shape index (κ1) is 10.1. The second kappa shape index (κ2) is 3.72. The summed E-state index contributed by atoms with van der Waals surface area (Å²) in [6.45, 7) is 3.37. The van der Waals surface area contributed by atoms with E-state index in [1.807, 2.05) is 6.20 Å². The zero-order valence-corrected chi connectivity index (χ0v) is 9.79. The summed E-state index contributed by atoms with van der Waals surface area (Å²) in [6.07, 6.45) is 3.87. The summed E-state index contributed by atoms with van der Waals surface area (Å²) in [7, 11) is 0. The van der Waals surface area contributed by atoms with E-state index in [0.29, 0.717) is 0 Å². The number of hydrogen-bond acceptors (Lipinski definition) is 5. The average Bonchev–Trinajstić information content (AvgIpc) is 3.00. The Balaban J connectivity index is 1.80. The van der Waals surface area contributed by atoms with Crippen molar-refractivity contribution in [3.05, 3.63) is 11.1 Å². The third-order valence-electron chi connectivity index (χ3n) is 3.21. The molecule has 1 aromatic rings. The third-order valence-corrected chi connectivity index (χ3v) is 4.47. The van der Waals surface area contributed by atoms with Crippen LogP contribution in [0.3, 0.4) is 0 Å². The second-order valence-electron chi connectivity index (χ2n) is 4.30. The molecule has 0 spiro atoms. The molecule has 1 saturated heterocycles. The number of nitriles is 1. The van der Waals surface area contributed by atoms with Gasteiger partial charge in [0.2, 0.25) is 0 Å². The Labute approximate surface area is 98.5 Å². The molecule has 0 amide bonds. The van der Waals surface area contributed by atoms with Crippen LogP contribution < -0.4 is 4.90 Å². The predicted molar refractivity (Wildman–Crippen MR) is 61.7 cm³/mol. The molecule has 0 radical (unpaired) electrons. The summed E-state index contributed by atoms with van der Waals surface area (Å²) in [5.41, 5.74) is -0.192. The largest absolute Gasteiger partial charge is 0.378 e. The maximum Gasteiger partial charge on any atom is 0.185 e. The van der Waals surface area contributed by atoms with Gasteiger partial charge in [-0.1, -0.05) is 0 Å². The molecule has 0 aromatic carbocycles. The van der Waals surface area contributed by atoms with Gasteiger partial charge in [0.1, 0.15) is 0 Å². The number of anilines is 1. The van der Waals surface area contributed by atoms with Crippen molar-refractivity contribution in [1.82, 2.24) is 4.98 Å². The molecule has 0 bridgehead atoms. The van der Waals surface area contributed by atoms with E-state index in [-0.39, 0.29) is 5.41 Å². The number of nitrogens with zero attached hydrogens (tertiary/aromatic N) is 3. The van der Waals surface area contributed by atoms with Gasteiger partial charge >= 0.3 is 0 Å². The van der Waals surface area contributed by atoms with E-state index in [0.717, 1.165) is 49.2 Å². The Morgan fingerprint density at radius 3 is 2.81 bits per heavy atom. The fourth-order valence-corrected chi connectivity index (χ4v) is 3.09. The van der Waals surface area contributed by atoms with Crippen molar-refractivity contribution in [2.75, 3.05) is 31.2 Å². The smallest absolute Gasteiger partial charge is 0.185 e. The topological polar surface area (TPSA) is 49.2 Å². The average molecular weight is 235 g/mol. The molecule has 1 aromatic heterocycles. The van der Waals surface area contributed by atoms with Crippen LogP contribution in [0.4, 0.5) is 5.13 Å². The standard InChI is InChI=1S/C11H13N3OS/c12-8-11(1-2-11)9-7-13-10(16-9)14-3-5-15-6-4-14/h7H,1-6H2. The highest BCUT2D eigenvalue weighted by atomic mass is 32.1. The lowest BCUT2D eigenvalue weighted by molar-refractivity contribution is 0.122. The van der Waals surface area contributed by atoms with Gasteiger partial charge < -0.3 is 9.64 Å². The maximum atomic E-state index is 9.12. The summed E-state index contributed by atoms with van der Waals surface area (Å²) in [5, 5.41) is 10.2. The summed E-state index contributed by atoms with van der Waals surface area (Å²) in [6, 6.07) is 2.41.